The number of carbonyl (C=O) groups excluding carboxylic acids is 1. The molecule has 1 heterocycles. The maximum absolute atomic E-state index is 14.0. The average Bonchev–Trinajstić information content (AvgIpc) is 3.27. The number of oxazole rings is 1. The SMILES string of the molecule is O=C(CCc1ncc(-c2ccc(F)cc2F)o1)N(Cc1ccccc1)Cc1ccccc1. The highest BCUT2D eigenvalue weighted by atomic mass is 19.1. The second-order valence-corrected chi connectivity index (χ2v) is 7.46. The quantitative estimate of drug-likeness (QED) is 0.355. The third kappa shape index (κ3) is 5.46. The second kappa shape index (κ2) is 10.0. The van der Waals surface area contributed by atoms with E-state index in [2.05, 4.69) is 4.98 Å². The Balaban J connectivity index is 1.44. The maximum Gasteiger partial charge on any atom is 0.223 e. The number of rotatable bonds is 8. The van der Waals surface area contributed by atoms with Gasteiger partial charge < -0.3 is 9.32 Å². The minimum absolute atomic E-state index is 0.0366. The van der Waals surface area contributed by atoms with E-state index in [-0.39, 0.29) is 30.1 Å². The molecule has 0 bridgehead atoms. The Morgan fingerprint density at radius 3 is 2.09 bits per heavy atom. The fraction of sp³-hybridized carbons (Fsp3) is 0.154. The number of nitrogens with zero attached hydrogens (tertiary/aromatic N) is 2. The predicted molar refractivity (Wildman–Crippen MR) is 117 cm³/mol. The Bertz CT molecular complexity index is 1140. The van der Waals surface area contributed by atoms with Crippen LogP contribution >= 0.6 is 0 Å². The van der Waals surface area contributed by atoms with Crippen LogP contribution in [0.2, 0.25) is 0 Å². The van der Waals surface area contributed by atoms with Gasteiger partial charge >= 0.3 is 0 Å². The van der Waals surface area contributed by atoms with Crippen LogP contribution in [-0.4, -0.2) is 15.8 Å². The number of hydrogen-bond donors (Lipinski definition) is 0. The molecule has 4 nitrogen and oxygen atoms in total. The third-order valence-corrected chi connectivity index (χ3v) is 5.09. The van der Waals surface area contributed by atoms with Gasteiger partial charge in [0.15, 0.2) is 11.7 Å². The van der Waals surface area contributed by atoms with Crippen LogP contribution in [-0.2, 0) is 24.3 Å². The molecular formula is C26H22F2N2O2. The first-order valence-electron chi connectivity index (χ1n) is 10.3. The van der Waals surface area contributed by atoms with Crippen molar-refractivity contribution in [2.75, 3.05) is 0 Å². The average molecular weight is 432 g/mol. The lowest BCUT2D eigenvalue weighted by Crippen LogP contribution is -2.30. The molecule has 1 aromatic heterocycles. The summed E-state index contributed by atoms with van der Waals surface area (Å²) < 4.78 is 32.7. The predicted octanol–water partition coefficient (Wildman–Crippen LogP) is 5.78. The van der Waals surface area contributed by atoms with Gasteiger partial charge in [-0.1, -0.05) is 60.7 Å². The zero-order valence-corrected chi connectivity index (χ0v) is 17.4. The summed E-state index contributed by atoms with van der Waals surface area (Å²) in [4.78, 5) is 19.0. The molecule has 0 aliphatic rings. The molecule has 4 rings (SSSR count). The lowest BCUT2D eigenvalue weighted by molar-refractivity contribution is -0.132. The molecule has 0 radical (unpaired) electrons. The molecule has 0 aliphatic heterocycles. The number of carbonyl (C=O) groups is 1. The van der Waals surface area contributed by atoms with Crippen molar-refractivity contribution >= 4 is 5.91 Å². The number of aryl methyl sites for hydroxylation is 1. The van der Waals surface area contributed by atoms with Gasteiger partial charge in [0.2, 0.25) is 5.91 Å². The Morgan fingerprint density at radius 2 is 1.50 bits per heavy atom. The van der Waals surface area contributed by atoms with Gasteiger partial charge in [0, 0.05) is 32.0 Å². The molecule has 0 atom stereocenters. The molecule has 4 aromatic rings. The van der Waals surface area contributed by atoms with Gasteiger partial charge in [-0.05, 0) is 23.3 Å². The van der Waals surface area contributed by atoms with E-state index in [4.69, 9.17) is 4.42 Å². The summed E-state index contributed by atoms with van der Waals surface area (Å²) in [7, 11) is 0. The highest BCUT2D eigenvalue weighted by Gasteiger charge is 2.17. The first-order valence-corrected chi connectivity index (χ1v) is 10.3. The lowest BCUT2D eigenvalue weighted by Gasteiger charge is -2.23. The van der Waals surface area contributed by atoms with E-state index in [1.165, 1.54) is 12.3 Å². The topological polar surface area (TPSA) is 46.3 Å². The molecule has 0 N–H and O–H groups in total. The minimum Gasteiger partial charge on any atom is -0.441 e. The summed E-state index contributed by atoms with van der Waals surface area (Å²) in [5, 5.41) is 0. The fourth-order valence-electron chi connectivity index (χ4n) is 3.45. The van der Waals surface area contributed by atoms with Crippen molar-refractivity contribution in [3.63, 3.8) is 0 Å². The molecule has 0 aliphatic carbocycles. The molecule has 0 saturated heterocycles. The Hall–Kier alpha value is -3.80. The van der Waals surface area contributed by atoms with E-state index < -0.39 is 11.6 Å². The zero-order valence-electron chi connectivity index (χ0n) is 17.4. The van der Waals surface area contributed by atoms with E-state index in [9.17, 15) is 13.6 Å². The standard InChI is InChI=1S/C26H22F2N2O2/c27-21-11-12-22(23(28)15-21)24-16-29-25(32-24)13-14-26(31)30(17-19-7-3-1-4-8-19)18-20-9-5-2-6-10-20/h1-12,15-16H,13-14,17-18H2. The number of aromatic nitrogens is 1. The smallest absolute Gasteiger partial charge is 0.223 e. The Morgan fingerprint density at radius 1 is 0.875 bits per heavy atom. The molecule has 0 unspecified atom stereocenters. The molecule has 0 fully saturated rings. The van der Waals surface area contributed by atoms with Crippen LogP contribution in [0.4, 0.5) is 8.78 Å². The van der Waals surface area contributed by atoms with Gasteiger partial charge in [-0.2, -0.15) is 0 Å². The first kappa shape index (κ1) is 21.4. The Kier molecular flexibility index (Phi) is 6.70. The van der Waals surface area contributed by atoms with Gasteiger partial charge in [0.1, 0.15) is 11.6 Å². The van der Waals surface area contributed by atoms with E-state index in [1.54, 1.807) is 4.90 Å². The molecule has 0 spiro atoms. The van der Waals surface area contributed by atoms with Gasteiger partial charge in [-0.25, -0.2) is 13.8 Å². The van der Waals surface area contributed by atoms with Crippen molar-refractivity contribution < 1.29 is 18.0 Å². The van der Waals surface area contributed by atoms with Crippen molar-refractivity contribution in [3.05, 3.63) is 114 Å². The van der Waals surface area contributed by atoms with E-state index in [0.717, 1.165) is 23.3 Å². The van der Waals surface area contributed by atoms with Gasteiger partial charge in [-0.3, -0.25) is 4.79 Å². The van der Waals surface area contributed by atoms with E-state index >= 15 is 0 Å². The molecular weight excluding hydrogens is 410 g/mol. The summed E-state index contributed by atoms with van der Waals surface area (Å²) >= 11 is 0. The van der Waals surface area contributed by atoms with Crippen LogP contribution in [0.15, 0.2) is 89.5 Å². The Labute approximate surface area is 185 Å². The van der Waals surface area contributed by atoms with Crippen LogP contribution in [0.3, 0.4) is 0 Å². The van der Waals surface area contributed by atoms with Crippen LogP contribution in [0.1, 0.15) is 23.4 Å². The van der Waals surface area contributed by atoms with E-state index in [1.807, 2.05) is 60.7 Å². The highest BCUT2D eigenvalue weighted by Crippen LogP contribution is 2.25. The van der Waals surface area contributed by atoms with Crippen molar-refractivity contribution in [1.82, 2.24) is 9.88 Å². The maximum atomic E-state index is 14.0. The van der Waals surface area contributed by atoms with Crippen molar-refractivity contribution in [2.45, 2.75) is 25.9 Å². The van der Waals surface area contributed by atoms with Crippen LogP contribution in [0.25, 0.3) is 11.3 Å². The summed E-state index contributed by atoms with van der Waals surface area (Å²) in [6.07, 6.45) is 1.87. The summed E-state index contributed by atoms with van der Waals surface area (Å²) in [5.41, 5.74) is 2.22. The number of halogens is 2. The molecule has 3 aromatic carbocycles. The van der Waals surface area contributed by atoms with Gasteiger partial charge in [0.05, 0.1) is 11.8 Å². The lowest BCUT2D eigenvalue weighted by atomic mass is 10.1. The van der Waals surface area contributed by atoms with Crippen molar-refractivity contribution in [3.8, 4) is 11.3 Å². The minimum atomic E-state index is -0.722. The fourth-order valence-corrected chi connectivity index (χ4v) is 3.45. The highest BCUT2D eigenvalue weighted by molar-refractivity contribution is 5.76. The van der Waals surface area contributed by atoms with Gasteiger partial charge in [-0.15, -0.1) is 0 Å². The van der Waals surface area contributed by atoms with Crippen LogP contribution < -0.4 is 0 Å². The van der Waals surface area contributed by atoms with E-state index in [0.29, 0.717) is 19.0 Å². The number of hydrogen-bond acceptors (Lipinski definition) is 3. The molecule has 0 saturated carbocycles. The third-order valence-electron chi connectivity index (χ3n) is 5.09. The zero-order chi connectivity index (χ0) is 22.3. The number of amides is 1. The molecule has 162 valence electrons. The van der Waals surface area contributed by atoms with Gasteiger partial charge in [0.25, 0.3) is 0 Å². The summed E-state index contributed by atoms with van der Waals surface area (Å²) in [6, 6.07) is 22.9. The molecule has 32 heavy (non-hydrogen) atoms. The van der Waals surface area contributed by atoms with Crippen molar-refractivity contribution in [2.24, 2.45) is 0 Å². The normalized spacial score (nSPS) is 10.8. The van der Waals surface area contributed by atoms with Crippen LogP contribution in [0.5, 0.6) is 0 Å². The first-order chi connectivity index (χ1) is 15.6. The molecule has 1 amide bonds. The monoisotopic (exact) mass is 432 g/mol. The summed E-state index contributed by atoms with van der Waals surface area (Å²) in [5.74, 6) is -0.883. The van der Waals surface area contributed by atoms with Crippen LogP contribution in [0, 0.1) is 11.6 Å². The largest absolute Gasteiger partial charge is 0.441 e. The molecule has 6 heteroatoms. The summed E-state index contributed by atoms with van der Waals surface area (Å²) in [6.45, 7) is 0.985. The second-order valence-electron chi connectivity index (χ2n) is 7.46. The van der Waals surface area contributed by atoms with Crippen molar-refractivity contribution in [1.29, 1.82) is 0 Å². The number of benzene rings is 3.